The first kappa shape index (κ1) is 20.8. The zero-order valence-electron chi connectivity index (χ0n) is 15.7. The molecule has 2 saturated heterocycles. The molecule has 0 saturated carbocycles. The Kier molecular flexibility index (Phi) is 7.45. The largest absolute Gasteiger partial charge is 0.354 e. The minimum absolute atomic E-state index is 0. The van der Waals surface area contributed by atoms with E-state index in [4.69, 9.17) is 0 Å². The van der Waals surface area contributed by atoms with E-state index in [1.165, 1.54) is 29.9 Å². The number of nitrogens with one attached hydrogen (secondary N) is 1. The number of likely N-dealkylation sites (N-methyl/N-ethyl adjacent to an activating group) is 1. The second-order valence-corrected chi connectivity index (χ2v) is 8.31. The second-order valence-electron chi connectivity index (χ2n) is 7.20. The van der Waals surface area contributed by atoms with Crippen LogP contribution in [-0.2, 0) is 7.05 Å². The molecule has 0 bridgehead atoms. The molecule has 2 fully saturated rings. The van der Waals surface area contributed by atoms with E-state index in [1.807, 2.05) is 25.0 Å². The third-order valence-corrected chi connectivity index (χ3v) is 6.74. The van der Waals surface area contributed by atoms with Crippen LogP contribution in [0.5, 0.6) is 0 Å². The zero-order chi connectivity index (χ0) is 17.2. The number of aliphatic imine (C=N–C) groups is 1. The molecule has 8 heteroatoms. The standard InChI is InChI=1S/C17H30N6S.HI/c1-18-16(19-12-17(21(2)3)6-8-24-13-17)23-7-5-14(11-23)15-9-20-22(4)10-15;/h9-10,14H,5-8,11-13H2,1-4H3,(H,18,19);1H. The van der Waals surface area contributed by atoms with Crippen molar-refractivity contribution in [1.29, 1.82) is 0 Å². The summed E-state index contributed by atoms with van der Waals surface area (Å²) in [5, 5.41) is 7.97. The smallest absolute Gasteiger partial charge is 0.193 e. The lowest BCUT2D eigenvalue weighted by Gasteiger charge is -2.37. The Morgan fingerprint density at radius 1 is 1.52 bits per heavy atom. The van der Waals surface area contributed by atoms with E-state index in [0.29, 0.717) is 5.92 Å². The maximum absolute atomic E-state index is 4.54. The Bertz CT molecular complexity index is 581. The molecular weight excluding hydrogens is 447 g/mol. The molecule has 0 amide bonds. The Hall–Kier alpha value is -0.480. The van der Waals surface area contributed by atoms with Gasteiger partial charge in [0.05, 0.1) is 6.20 Å². The van der Waals surface area contributed by atoms with E-state index in [-0.39, 0.29) is 29.5 Å². The van der Waals surface area contributed by atoms with Crippen LogP contribution in [0, 0.1) is 0 Å². The predicted molar refractivity (Wildman–Crippen MR) is 117 cm³/mol. The molecule has 25 heavy (non-hydrogen) atoms. The maximum atomic E-state index is 4.54. The van der Waals surface area contributed by atoms with E-state index in [2.05, 4.69) is 57.3 Å². The van der Waals surface area contributed by atoms with Crippen molar-refractivity contribution in [3.8, 4) is 0 Å². The van der Waals surface area contributed by atoms with Crippen LogP contribution in [0.2, 0.25) is 0 Å². The quantitative estimate of drug-likeness (QED) is 0.407. The second kappa shape index (κ2) is 8.94. The Balaban J connectivity index is 0.00000225. The molecule has 3 heterocycles. The summed E-state index contributed by atoms with van der Waals surface area (Å²) in [5.41, 5.74) is 1.59. The number of thioether (sulfide) groups is 1. The molecule has 2 aliphatic heterocycles. The first-order valence-corrected chi connectivity index (χ1v) is 9.89. The molecule has 0 aliphatic carbocycles. The van der Waals surface area contributed by atoms with Crippen molar-refractivity contribution >= 4 is 41.7 Å². The highest BCUT2D eigenvalue weighted by molar-refractivity contribution is 14.0. The van der Waals surface area contributed by atoms with Crippen molar-refractivity contribution in [2.24, 2.45) is 12.0 Å². The van der Waals surface area contributed by atoms with Gasteiger partial charge in [-0.05, 0) is 38.3 Å². The van der Waals surface area contributed by atoms with Gasteiger partial charge < -0.3 is 15.1 Å². The van der Waals surface area contributed by atoms with Crippen LogP contribution in [0.15, 0.2) is 17.4 Å². The van der Waals surface area contributed by atoms with E-state index in [9.17, 15) is 0 Å². The number of rotatable bonds is 4. The van der Waals surface area contributed by atoms with Crippen molar-refractivity contribution in [2.75, 3.05) is 52.3 Å². The molecule has 1 aromatic rings. The minimum atomic E-state index is 0. The highest BCUT2D eigenvalue weighted by Crippen LogP contribution is 2.31. The van der Waals surface area contributed by atoms with Crippen LogP contribution in [0.3, 0.4) is 0 Å². The van der Waals surface area contributed by atoms with Gasteiger partial charge >= 0.3 is 0 Å². The van der Waals surface area contributed by atoms with Gasteiger partial charge in [-0.2, -0.15) is 16.9 Å². The van der Waals surface area contributed by atoms with Crippen molar-refractivity contribution in [3.63, 3.8) is 0 Å². The van der Waals surface area contributed by atoms with Crippen LogP contribution >= 0.6 is 35.7 Å². The number of hydrogen-bond donors (Lipinski definition) is 1. The molecule has 0 aromatic carbocycles. The Labute approximate surface area is 172 Å². The van der Waals surface area contributed by atoms with Gasteiger partial charge in [0, 0.05) is 57.1 Å². The number of hydrogen-bond acceptors (Lipinski definition) is 4. The Morgan fingerprint density at radius 2 is 2.32 bits per heavy atom. The van der Waals surface area contributed by atoms with Crippen LogP contribution in [0.25, 0.3) is 0 Å². The lowest BCUT2D eigenvalue weighted by molar-refractivity contribution is 0.181. The fourth-order valence-electron chi connectivity index (χ4n) is 3.70. The topological polar surface area (TPSA) is 48.7 Å². The van der Waals surface area contributed by atoms with Crippen molar-refractivity contribution in [2.45, 2.75) is 24.3 Å². The van der Waals surface area contributed by atoms with Gasteiger partial charge in [0.2, 0.25) is 0 Å². The molecule has 3 rings (SSSR count). The van der Waals surface area contributed by atoms with Crippen LogP contribution < -0.4 is 5.32 Å². The SMILES string of the molecule is CN=C(NCC1(N(C)C)CCSC1)N1CCC(c2cnn(C)c2)C1.I. The lowest BCUT2D eigenvalue weighted by atomic mass is 9.97. The summed E-state index contributed by atoms with van der Waals surface area (Å²) in [7, 11) is 8.28. The van der Waals surface area contributed by atoms with Crippen molar-refractivity contribution < 1.29 is 0 Å². The number of halogens is 1. The molecule has 0 spiro atoms. The van der Waals surface area contributed by atoms with Crippen LogP contribution in [0.4, 0.5) is 0 Å². The van der Waals surface area contributed by atoms with Gasteiger partial charge in [-0.15, -0.1) is 24.0 Å². The van der Waals surface area contributed by atoms with Gasteiger partial charge in [0.15, 0.2) is 5.96 Å². The van der Waals surface area contributed by atoms with Gasteiger partial charge in [-0.25, -0.2) is 0 Å². The molecule has 1 aromatic heterocycles. The summed E-state index contributed by atoms with van der Waals surface area (Å²) in [6.45, 7) is 3.05. The fraction of sp³-hybridized carbons (Fsp3) is 0.765. The first-order chi connectivity index (χ1) is 11.5. The summed E-state index contributed by atoms with van der Waals surface area (Å²) >= 11 is 2.06. The minimum Gasteiger partial charge on any atom is -0.354 e. The third-order valence-electron chi connectivity index (χ3n) is 5.50. The summed E-state index contributed by atoms with van der Waals surface area (Å²) in [6.07, 6.45) is 6.55. The van der Waals surface area contributed by atoms with Gasteiger partial charge in [-0.1, -0.05) is 0 Å². The van der Waals surface area contributed by atoms with E-state index in [0.717, 1.165) is 25.6 Å². The molecule has 6 nitrogen and oxygen atoms in total. The van der Waals surface area contributed by atoms with Crippen molar-refractivity contribution in [1.82, 2.24) is 24.9 Å². The number of aromatic nitrogens is 2. The van der Waals surface area contributed by atoms with Gasteiger partial charge in [0.1, 0.15) is 0 Å². The number of aryl methyl sites for hydroxylation is 1. The lowest BCUT2D eigenvalue weighted by Crippen LogP contribution is -2.55. The van der Waals surface area contributed by atoms with E-state index >= 15 is 0 Å². The number of nitrogens with zero attached hydrogens (tertiary/aromatic N) is 5. The monoisotopic (exact) mass is 478 g/mol. The summed E-state index contributed by atoms with van der Waals surface area (Å²) in [6, 6.07) is 0. The van der Waals surface area contributed by atoms with Crippen LogP contribution in [0.1, 0.15) is 24.3 Å². The summed E-state index contributed by atoms with van der Waals surface area (Å²) in [4.78, 5) is 9.32. The molecule has 142 valence electrons. The highest BCUT2D eigenvalue weighted by Gasteiger charge is 2.37. The molecule has 2 atom stereocenters. The van der Waals surface area contributed by atoms with Gasteiger partial charge in [-0.3, -0.25) is 9.67 Å². The third kappa shape index (κ3) is 4.63. The summed E-state index contributed by atoms with van der Waals surface area (Å²) < 4.78 is 1.89. The van der Waals surface area contributed by atoms with E-state index in [1.54, 1.807) is 0 Å². The molecule has 2 unspecified atom stereocenters. The van der Waals surface area contributed by atoms with Crippen LogP contribution in [-0.4, -0.2) is 83.4 Å². The maximum Gasteiger partial charge on any atom is 0.193 e. The molecule has 1 N–H and O–H groups in total. The van der Waals surface area contributed by atoms with E-state index < -0.39 is 0 Å². The highest BCUT2D eigenvalue weighted by atomic mass is 127. The normalized spacial score (nSPS) is 27.0. The average Bonchev–Trinajstić information content (AvgIpc) is 3.28. The Morgan fingerprint density at radius 3 is 2.88 bits per heavy atom. The van der Waals surface area contributed by atoms with Gasteiger partial charge in [0.25, 0.3) is 0 Å². The fourth-order valence-corrected chi connectivity index (χ4v) is 5.25. The predicted octanol–water partition coefficient (Wildman–Crippen LogP) is 1.84. The van der Waals surface area contributed by atoms with Crippen molar-refractivity contribution in [3.05, 3.63) is 18.0 Å². The molecule has 0 radical (unpaired) electrons. The first-order valence-electron chi connectivity index (χ1n) is 8.73. The average molecular weight is 478 g/mol. The number of guanidine groups is 1. The molecular formula is C17H31IN6S. The summed E-state index contributed by atoms with van der Waals surface area (Å²) in [5.74, 6) is 4.05. The molecule has 2 aliphatic rings. The zero-order valence-corrected chi connectivity index (χ0v) is 18.9. The number of likely N-dealkylation sites (tertiary alicyclic amines) is 1.